The molecule has 0 radical (unpaired) electrons. The molecule has 0 atom stereocenters. The molecule has 0 unspecified atom stereocenters. The summed E-state index contributed by atoms with van der Waals surface area (Å²) in [5.41, 5.74) is 6.62. The van der Waals surface area contributed by atoms with Crippen molar-refractivity contribution in [2.75, 3.05) is 40.0 Å². The van der Waals surface area contributed by atoms with E-state index < -0.39 is 0 Å². The fourth-order valence-corrected chi connectivity index (χ4v) is 1.75. The van der Waals surface area contributed by atoms with Crippen LogP contribution in [0.4, 0.5) is 5.00 Å². The number of nitrogens with zero attached hydrogens (tertiary/aromatic N) is 4. The van der Waals surface area contributed by atoms with E-state index in [2.05, 4.69) is 40.5 Å². The average molecular weight is 229 g/mol. The second-order valence-corrected chi connectivity index (χ2v) is 4.76. The maximum absolute atomic E-state index is 5.72. The first-order valence-corrected chi connectivity index (χ1v) is 5.77. The van der Waals surface area contributed by atoms with E-state index >= 15 is 0 Å². The van der Waals surface area contributed by atoms with Gasteiger partial charge in [0, 0.05) is 18.1 Å². The van der Waals surface area contributed by atoms with Crippen LogP contribution in [-0.4, -0.2) is 53.6 Å². The standard InChI is InChI=1S/C9H19N5S/c1-13(2)5-4-6-14(3)7-8-9(10)15-12-11-8/h4-7,10H2,1-3H3. The number of hydrogen-bond acceptors (Lipinski definition) is 6. The van der Waals surface area contributed by atoms with Gasteiger partial charge in [-0.1, -0.05) is 4.49 Å². The van der Waals surface area contributed by atoms with Gasteiger partial charge in [-0.15, -0.1) is 5.10 Å². The van der Waals surface area contributed by atoms with Gasteiger partial charge in [-0.3, -0.25) is 0 Å². The van der Waals surface area contributed by atoms with E-state index in [9.17, 15) is 0 Å². The van der Waals surface area contributed by atoms with Crippen LogP contribution < -0.4 is 5.73 Å². The maximum atomic E-state index is 5.72. The highest BCUT2D eigenvalue weighted by atomic mass is 32.1. The molecule has 1 aromatic heterocycles. The van der Waals surface area contributed by atoms with Gasteiger partial charge in [0.1, 0.15) is 10.7 Å². The van der Waals surface area contributed by atoms with E-state index in [1.54, 1.807) is 0 Å². The third kappa shape index (κ3) is 4.55. The van der Waals surface area contributed by atoms with Gasteiger partial charge >= 0.3 is 0 Å². The molecule has 6 heteroatoms. The Hall–Kier alpha value is -0.720. The lowest BCUT2D eigenvalue weighted by atomic mass is 10.3. The minimum atomic E-state index is 0.731. The average Bonchev–Trinajstić information content (AvgIpc) is 2.51. The van der Waals surface area contributed by atoms with E-state index in [1.807, 2.05) is 0 Å². The Labute approximate surface area is 95.0 Å². The van der Waals surface area contributed by atoms with Gasteiger partial charge in [-0.25, -0.2) is 0 Å². The molecular formula is C9H19N5S. The number of nitrogens with two attached hydrogens (primary N) is 1. The molecule has 0 saturated heterocycles. The molecule has 1 rings (SSSR count). The second kappa shape index (κ2) is 5.99. The molecule has 0 spiro atoms. The minimum Gasteiger partial charge on any atom is -0.388 e. The van der Waals surface area contributed by atoms with E-state index in [1.165, 1.54) is 11.5 Å². The molecule has 0 aliphatic carbocycles. The highest BCUT2D eigenvalue weighted by Gasteiger charge is 2.07. The van der Waals surface area contributed by atoms with Crippen molar-refractivity contribution in [2.24, 2.45) is 0 Å². The first-order chi connectivity index (χ1) is 7.09. The molecule has 1 aromatic rings. The normalized spacial score (nSPS) is 11.5. The molecule has 0 aliphatic rings. The zero-order chi connectivity index (χ0) is 11.3. The molecule has 2 N–H and O–H groups in total. The zero-order valence-corrected chi connectivity index (χ0v) is 10.4. The summed E-state index contributed by atoms with van der Waals surface area (Å²) in [5, 5.41) is 4.72. The van der Waals surface area contributed by atoms with Crippen LogP contribution in [0, 0.1) is 0 Å². The van der Waals surface area contributed by atoms with Crippen LogP contribution in [0.25, 0.3) is 0 Å². The van der Waals surface area contributed by atoms with Crippen molar-refractivity contribution < 1.29 is 0 Å². The topological polar surface area (TPSA) is 58.3 Å². The van der Waals surface area contributed by atoms with Crippen molar-refractivity contribution in [2.45, 2.75) is 13.0 Å². The summed E-state index contributed by atoms with van der Waals surface area (Å²) in [5.74, 6) is 0. The Morgan fingerprint density at radius 1 is 1.27 bits per heavy atom. The largest absolute Gasteiger partial charge is 0.388 e. The third-order valence-electron chi connectivity index (χ3n) is 2.15. The zero-order valence-electron chi connectivity index (χ0n) is 9.60. The molecule has 1 heterocycles. The van der Waals surface area contributed by atoms with Gasteiger partial charge in [0.05, 0.1) is 0 Å². The van der Waals surface area contributed by atoms with E-state index in [-0.39, 0.29) is 0 Å². The van der Waals surface area contributed by atoms with Crippen molar-refractivity contribution in [1.82, 2.24) is 19.4 Å². The predicted molar refractivity (Wildman–Crippen MR) is 63.8 cm³/mol. The van der Waals surface area contributed by atoms with Crippen LogP contribution in [0.15, 0.2) is 0 Å². The first kappa shape index (κ1) is 12.4. The highest BCUT2D eigenvalue weighted by Crippen LogP contribution is 2.13. The highest BCUT2D eigenvalue weighted by molar-refractivity contribution is 7.09. The van der Waals surface area contributed by atoms with Crippen LogP contribution in [0.5, 0.6) is 0 Å². The Morgan fingerprint density at radius 2 is 2.00 bits per heavy atom. The van der Waals surface area contributed by atoms with Crippen molar-refractivity contribution in [3.05, 3.63) is 5.69 Å². The van der Waals surface area contributed by atoms with Crippen LogP contribution >= 0.6 is 11.5 Å². The van der Waals surface area contributed by atoms with Crippen LogP contribution in [-0.2, 0) is 6.54 Å². The molecule has 0 aromatic carbocycles. The minimum absolute atomic E-state index is 0.731. The molecule has 0 bridgehead atoms. The summed E-state index contributed by atoms with van der Waals surface area (Å²) < 4.78 is 3.82. The first-order valence-electron chi connectivity index (χ1n) is 4.99. The van der Waals surface area contributed by atoms with E-state index in [0.717, 1.165) is 36.8 Å². The van der Waals surface area contributed by atoms with E-state index in [0.29, 0.717) is 0 Å². The molecule has 5 nitrogen and oxygen atoms in total. The molecular weight excluding hydrogens is 210 g/mol. The third-order valence-corrected chi connectivity index (χ3v) is 2.75. The van der Waals surface area contributed by atoms with Crippen molar-refractivity contribution >= 4 is 16.5 Å². The summed E-state index contributed by atoms with van der Waals surface area (Å²) in [6.45, 7) is 2.94. The number of rotatable bonds is 6. The molecule has 0 saturated carbocycles. The molecule has 15 heavy (non-hydrogen) atoms. The summed E-state index contributed by atoms with van der Waals surface area (Å²) >= 11 is 1.26. The lowest BCUT2D eigenvalue weighted by Gasteiger charge is -2.16. The monoisotopic (exact) mass is 229 g/mol. The van der Waals surface area contributed by atoms with Gasteiger partial charge < -0.3 is 15.5 Å². The Morgan fingerprint density at radius 3 is 2.53 bits per heavy atom. The quantitative estimate of drug-likeness (QED) is 0.770. The Bertz CT molecular complexity index is 286. The van der Waals surface area contributed by atoms with Gasteiger partial charge in [0.15, 0.2) is 0 Å². The van der Waals surface area contributed by atoms with Crippen LogP contribution in [0.2, 0.25) is 0 Å². The maximum Gasteiger partial charge on any atom is 0.132 e. The fraction of sp³-hybridized carbons (Fsp3) is 0.778. The summed E-state index contributed by atoms with van der Waals surface area (Å²) in [6.07, 6.45) is 1.15. The Kier molecular flexibility index (Phi) is 4.93. The smallest absolute Gasteiger partial charge is 0.132 e. The molecule has 0 fully saturated rings. The van der Waals surface area contributed by atoms with Gasteiger partial charge in [0.2, 0.25) is 0 Å². The number of aromatic nitrogens is 2. The van der Waals surface area contributed by atoms with E-state index in [4.69, 9.17) is 5.73 Å². The Balaban J connectivity index is 2.24. The second-order valence-electron chi connectivity index (χ2n) is 3.98. The van der Waals surface area contributed by atoms with Crippen molar-refractivity contribution in [1.29, 1.82) is 0 Å². The number of hydrogen-bond donors (Lipinski definition) is 1. The predicted octanol–water partition coefficient (Wildman–Crippen LogP) is 0.504. The van der Waals surface area contributed by atoms with Crippen LogP contribution in [0.1, 0.15) is 12.1 Å². The van der Waals surface area contributed by atoms with Crippen LogP contribution in [0.3, 0.4) is 0 Å². The lowest BCUT2D eigenvalue weighted by molar-refractivity contribution is 0.292. The fourth-order valence-electron chi connectivity index (χ4n) is 1.32. The number of anilines is 1. The summed E-state index contributed by atoms with van der Waals surface area (Å²) in [7, 11) is 6.25. The van der Waals surface area contributed by atoms with Gasteiger partial charge in [-0.05, 0) is 40.7 Å². The lowest BCUT2D eigenvalue weighted by Crippen LogP contribution is -2.23. The van der Waals surface area contributed by atoms with Crippen molar-refractivity contribution in [3.8, 4) is 0 Å². The molecule has 0 amide bonds. The number of nitrogen functional groups attached to an aromatic ring is 1. The van der Waals surface area contributed by atoms with Crippen molar-refractivity contribution in [3.63, 3.8) is 0 Å². The summed E-state index contributed by atoms with van der Waals surface area (Å²) in [6, 6.07) is 0. The molecule has 86 valence electrons. The van der Waals surface area contributed by atoms with Gasteiger partial charge in [0.25, 0.3) is 0 Å². The SMILES string of the molecule is CN(C)CCCN(C)Cc1nnsc1N. The van der Waals surface area contributed by atoms with Gasteiger partial charge in [-0.2, -0.15) is 0 Å². The summed E-state index contributed by atoms with van der Waals surface area (Å²) in [4.78, 5) is 4.41. The molecule has 0 aliphatic heterocycles.